The summed E-state index contributed by atoms with van der Waals surface area (Å²) < 4.78 is 0. The first kappa shape index (κ1) is 7.56. The standard InChI is InChI=1S/C9H18N2/c1-2-9(11-5-1)8-3-6-10-7-4-8/h8-11H,1-7H2/t9-/m0/s1. The fourth-order valence-electron chi connectivity index (χ4n) is 2.36. The molecule has 2 heteroatoms. The largest absolute Gasteiger partial charge is 0.317 e. The lowest BCUT2D eigenvalue weighted by Crippen LogP contribution is -2.38. The van der Waals surface area contributed by atoms with Crippen molar-refractivity contribution in [1.29, 1.82) is 0 Å². The Hall–Kier alpha value is -0.0800. The van der Waals surface area contributed by atoms with Crippen LogP contribution in [0.2, 0.25) is 0 Å². The lowest BCUT2D eigenvalue weighted by Gasteiger charge is -2.27. The van der Waals surface area contributed by atoms with E-state index in [1.165, 1.54) is 45.3 Å². The van der Waals surface area contributed by atoms with E-state index in [2.05, 4.69) is 10.6 Å². The highest BCUT2D eigenvalue weighted by molar-refractivity contribution is 4.84. The maximum absolute atomic E-state index is 3.60. The maximum atomic E-state index is 3.60. The van der Waals surface area contributed by atoms with Crippen molar-refractivity contribution in [3.05, 3.63) is 0 Å². The molecule has 0 bridgehead atoms. The third-order valence-electron chi connectivity index (χ3n) is 3.05. The van der Waals surface area contributed by atoms with Gasteiger partial charge in [0.05, 0.1) is 0 Å². The number of piperidine rings is 1. The first-order chi connectivity index (χ1) is 5.47. The zero-order valence-corrected chi connectivity index (χ0v) is 7.10. The van der Waals surface area contributed by atoms with Crippen LogP contribution in [0.3, 0.4) is 0 Å². The number of rotatable bonds is 1. The first-order valence-corrected chi connectivity index (χ1v) is 4.91. The molecule has 0 saturated carbocycles. The fraction of sp³-hybridized carbons (Fsp3) is 1.00. The second-order valence-electron chi connectivity index (χ2n) is 3.79. The van der Waals surface area contributed by atoms with Crippen LogP contribution in [-0.2, 0) is 0 Å². The van der Waals surface area contributed by atoms with Crippen LogP contribution in [0.1, 0.15) is 25.7 Å². The Morgan fingerprint density at radius 1 is 0.909 bits per heavy atom. The molecule has 64 valence electrons. The number of hydrogen-bond donors (Lipinski definition) is 2. The van der Waals surface area contributed by atoms with Gasteiger partial charge in [-0.15, -0.1) is 0 Å². The summed E-state index contributed by atoms with van der Waals surface area (Å²) in [6.07, 6.45) is 5.59. The summed E-state index contributed by atoms with van der Waals surface area (Å²) in [7, 11) is 0. The molecular weight excluding hydrogens is 136 g/mol. The third kappa shape index (κ3) is 1.74. The van der Waals surface area contributed by atoms with Crippen LogP contribution >= 0.6 is 0 Å². The van der Waals surface area contributed by atoms with Crippen LogP contribution < -0.4 is 10.6 Å². The van der Waals surface area contributed by atoms with Gasteiger partial charge in [-0.05, 0) is 51.2 Å². The van der Waals surface area contributed by atoms with Gasteiger partial charge in [0.25, 0.3) is 0 Å². The average Bonchev–Trinajstić information content (AvgIpc) is 2.58. The minimum absolute atomic E-state index is 0.858. The highest BCUT2D eigenvalue weighted by Crippen LogP contribution is 2.22. The zero-order valence-electron chi connectivity index (χ0n) is 7.10. The molecule has 2 rings (SSSR count). The SMILES string of the molecule is C1CN[C@H](C2CCNCC2)C1. The summed E-state index contributed by atoms with van der Waals surface area (Å²) in [5, 5.41) is 7.01. The van der Waals surface area contributed by atoms with Crippen molar-refractivity contribution >= 4 is 0 Å². The fourth-order valence-corrected chi connectivity index (χ4v) is 2.36. The molecule has 0 unspecified atom stereocenters. The van der Waals surface area contributed by atoms with E-state index in [4.69, 9.17) is 0 Å². The van der Waals surface area contributed by atoms with Crippen LogP contribution in [0.4, 0.5) is 0 Å². The molecule has 0 aliphatic carbocycles. The molecule has 2 nitrogen and oxygen atoms in total. The third-order valence-corrected chi connectivity index (χ3v) is 3.05. The molecule has 0 amide bonds. The van der Waals surface area contributed by atoms with Gasteiger partial charge < -0.3 is 10.6 Å². The van der Waals surface area contributed by atoms with Gasteiger partial charge in [0.15, 0.2) is 0 Å². The Morgan fingerprint density at radius 2 is 1.73 bits per heavy atom. The van der Waals surface area contributed by atoms with Gasteiger partial charge in [-0.3, -0.25) is 0 Å². The first-order valence-electron chi connectivity index (χ1n) is 4.91. The minimum atomic E-state index is 0.858. The molecule has 2 aliphatic heterocycles. The lowest BCUT2D eigenvalue weighted by atomic mass is 9.89. The van der Waals surface area contributed by atoms with Crippen molar-refractivity contribution in [2.45, 2.75) is 31.7 Å². The molecule has 11 heavy (non-hydrogen) atoms. The molecule has 2 N–H and O–H groups in total. The minimum Gasteiger partial charge on any atom is -0.317 e. The van der Waals surface area contributed by atoms with E-state index in [1.54, 1.807) is 0 Å². The predicted molar refractivity (Wildman–Crippen MR) is 46.6 cm³/mol. The van der Waals surface area contributed by atoms with Crippen LogP contribution in [0.15, 0.2) is 0 Å². The van der Waals surface area contributed by atoms with E-state index < -0.39 is 0 Å². The van der Waals surface area contributed by atoms with Gasteiger partial charge in [-0.25, -0.2) is 0 Å². The van der Waals surface area contributed by atoms with E-state index in [9.17, 15) is 0 Å². The Kier molecular flexibility index (Phi) is 2.44. The van der Waals surface area contributed by atoms with Gasteiger partial charge in [-0.2, -0.15) is 0 Å². The molecule has 2 heterocycles. The lowest BCUT2D eigenvalue weighted by molar-refractivity contribution is 0.300. The normalized spacial score (nSPS) is 34.4. The number of nitrogens with one attached hydrogen (secondary N) is 2. The quantitative estimate of drug-likeness (QED) is 0.582. The average molecular weight is 154 g/mol. The van der Waals surface area contributed by atoms with Crippen molar-refractivity contribution in [3.8, 4) is 0 Å². The predicted octanol–water partition coefficient (Wildman–Crippen LogP) is 0.738. The van der Waals surface area contributed by atoms with E-state index in [-0.39, 0.29) is 0 Å². The Bertz CT molecular complexity index is 113. The summed E-state index contributed by atoms with van der Waals surface area (Å²) in [4.78, 5) is 0. The summed E-state index contributed by atoms with van der Waals surface area (Å²) in [5.74, 6) is 0.971. The second-order valence-corrected chi connectivity index (χ2v) is 3.79. The monoisotopic (exact) mass is 154 g/mol. The van der Waals surface area contributed by atoms with Crippen molar-refractivity contribution in [2.24, 2.45) is 5.92 Å². The topological polar surface area (TPSA) is 24.1 Å². The van der Waals surface area contributed by atoms with Crippen LogP contribution in [0.5, 0.6) is 0 Å². The molecule has 2 fully saturated rings. The van der Waals surface area contributed by atoms with Crippen molar-refractivity contribution in [2.75, 3.05) is 19.6 Å². The van der Waals surface area contributed by atoms with Crippen LogP contribution in [0.25, 0.3) is 0 Å². The molecule has 0 aromatic heterocycles. The van der Waals surface area contributed by atoms with E-state index in [0.29, 0.717) is 0 Å². The van der Waals surface area contributed by atoms with Crippen molar-refractivity contribution in [3.63, 3.8) is 0 Å². The molecule has 0 aromatic rings. The summed E-state index contributed by atoms with van der Waals surface area (Å²) >= 11 is 0. The van der Waals surface area contributed by atoms with Crippen molar-refractivity contribution < 1.29 is 0 Å². The molecule has 1 atom stereocenters. The Labute approximate surface area is 68.7 Å². The molecular formula is C9H18N2. The smallest absolute Gasteiger partial charge is 0.00967 e. The van der Waals surface area contributed by atoms with Gasteiger partial charge in [0.2, 0.25) is 0 Å². The molecule has 0 radical (unpaired) electrons. The molecule has 2 saturated heterocycles. The molecule has 0 spiro atoms. The van der Waals surface area contributed by atoms with Gasteiger partial charge in [0.1, 0.15) is 0 Å². The maximum Gasteiger partial charge on any atom is 0.00967 e. The van der Waals surface area contributed by atoms with Gasteiger partial charge in [-0.1, -0.05) is 0 Å². The highest BCUT2D eigenvalue weighted by Gasteiger charge is 2.25. The highest BCUT2D eigenvalue weighted by atomic mass is 15.0. The summed E-state index contributed by atoms with van der Waals surface area (Å²) in [5.41, 5.74) is 0. The van der Waals surface area contributed by atoms with E-state index >= 15 is 0 Å². The van der Waals surface area contributed by atoms with E-state index in [1.807, 2.05) is 0 Å². The van der Waals surface area contributed by atoms with Gasteiger partial charge in [0, 0.05) is 6.04 Å². The summed E-state index contributed by atoms with van der Waals surface area (Å²) in [6, 6.07) is 0.858. The van der Waals surface area contributed by atoms with Crippen molar-refractivity contribution in [1.82, 2.24) is 10.6 Å². The zero-order chi connectivity index (χ0) is 7.52. The Balaban J connectivity index is 1.82. The van der Waals surface area contributed by atoms with Crippen LogP contribution in [0, 0.1) is 5.92 Å². The van der Waals surface area contributed by atoms with E-state index in [0.717, 1.165) is 12.0 Å². The summed E-state index contributed by atoms with van der Waals surface area (Å²) in [6.45, 7) is 3.74. The Morgan fingerprint density at radius 3 is 2.36 bits per heavy atom. The number of hydrogen-bond acceptors (Lipinski definition) is 2. The van der Waals surface area contributed by atoms with Crippen LogP contribution in [-0.4, -0.2) is 25.7 Å². The molecule has 0 aromatic carbocycles. The molecule has 2 aliphatic rings. The second kappa shape index (κ2) is 3.55. The van der Waals surface area contributed by atoms with Gasteiger partial charge >= 0.3 is 0 Å².